The molecule has 0 amide bonds. The fourth-order valence-corrected chi connectivity index (χ4v) is 4.89. The number of benzene rings is 1. The molecule has 0 saturated carbocycles. The van der Waals surface area contributed by atoms with Gasteiger partial charge >= 0.3 is 0 Å². The minimum Gasteiger partial charge on any atom is -0.495 e. The van der Waals surface area contributed by atoms with Crippen molar-refractivity contribution in [1.82, 2.24) is 19.8 Å². The van der Waals surface area contributed by atoms with Gasteiger partial charge in [-0.1, -0.05) is 17.7 Å². The number of thiocarbonyl (C=S) groups is 1. The second-order valence-electron chi connectivity index (χ2n) is 7.52. The predicted molar refractivity (Wildman–Crippen MR) is 126 cm³/mol. The van der Waals surface area contributed by atoms with Crippen molar-refractivity contribution >= 4 is 28.9 Å². The van der Waals surface area contributed by atoms with Crippen molar-refractivity contribution in [3.05, 3.63) is 76.3 Å². The van der Waals surface area contributed by atoms with Gasteiger partial charge in [0.05, 0.1) is 37.2 Å². The average molecular weight is 457 g/mol. The van der Waals surface area contributed by atoms with Crippen LogP contribution in [-0.2, 0) is 0 Å². The summed E-state index contributed by atoms with van der Waals surface area (Å²) in [7, 11) is 1.65. The normalized spacial score (nSPS) is 18.4. The van der Waals surface area contributed by atoms with Gasteiger partial charge in [-0.2, -0.15) is 0 Å². The molecule has 31 heavy (non-hydrogen) atoms. The summed E-state index contributed by atoms with van der Waals surface area (Å²) >= 11 is 11.9. The number of nitrogens with zero attached hydrogens (tertiary/aromatic N) is 3. The van der Waals surface area contributed by atoms with Crippen LogP contribution in [0.2, 0.25) is 5.02 Å². The summed E-state index contributed by atoms with van der Waals surface area (Å²) in [6.45, 7) is 4.58. The van der Waals surface area contributed by atoms with Crippen molar-refractivity contribution in [2.75, 3.05) is 20.3 Å². The largest absolute Gasteiger partial charge is 0.495 e. The molecule has 3 aromatic rings. The Hall–Kier alpha value is -2.61. The molecule has 1 aliphatic heterocycles. The van der Waals surface area contributed by atoms with E-state index in [0.717, 1.165) is 34.1 Å². The average Bonchev–Trinajstić information content (AvgIpc) is 3.24. The van der Waals surface area contributed by atoms with E-state index in [1.54, 1.807) is 13.3 Å². The monoisotopic (exact) mass is 456 g/mol. The summed E-state index contributed by atoms with van der Waals surface area (Å²) in [6.07, 6.45) is 1.78. The van der Waals surface area contributed by atoms with E-state index in [0.29, 0.717) is 16.7 Å². The number of aliphatic hydroxyl groups is 1. The molecule has 2 atom stereocenters. The number of aliphatic hydroxyl groups excluding tert-OH is 1. The van der Waals surface area contributed by atoms with E-state index in [9.17, 15) is 5.11 Å². The lowest BCUT2D eigenvalue weighted by Crippen LogP contribution is -2.32. The molecule has 0 spiro atoms. The predicted octanol–water partition coefficient (Wildman–Crippen LogP) is 4.12. The molecular weight excluding hydrogens is 432 g/mol. The smallest absolute Gasteiger partial charge is 0.170 e. The molecule has 1 aliphatic rings. The van der Waals surface area contributed by atoms with Crippen LogP contribution in [0, 0.1) is 13.8 Å². The molecule has 0 aliphatic carbocycles. The van der Waals surface area contributed by atoms with Gasteiger partial charge in [-0.3, -0.25) is 4.98 Å². The maximum Gasteiger partial charge on any atom is 0.170 e. The first kappa shape index (κ1) is 21.6. The maximum atomic E-state index is 9.69. The Morgan fingerprint density at radius 3 is 2.71 bits per heavy atom. The van der Waals surface area contributed by atoms with Gasteiger partial charge in [0.15, 0.2) is 5.11 Å². The van der Waals surface area contributed by atoms with Gasteiger partial charge in [-0.15, -0.1) is 0 Å². The van der Waals surface area contributed by atoms with Crippen molar-refractivity contribution in [3.63, 3.8) is 0 Å². The number of hydrogen-bond donors (Lipinski definition) is 2. The fourth-order valence-electron chi connectivity index (χ4n) is 4.39. The molecule has 1 fully saturated rings. The van der Waals surface area contributed by atoms with Crippen LogP contribution in [0.15, 0.2) is 48.7 Å². The van der Waals surface area contributed by atoms with E-state index < -0.39 is 0 Å². The molecule has 1 saturated heterocycles. The van der Waals surface area contributed by atoms with Crippen molar-refractivity contribution in [1.29, 1.82) is 0 Å². The number of methoxy groups -OCH3 is 1. The van der Waals surface area contributed by atoms with Gasteiger partial charge in [0.1, 0.15) is 5.75 Å². The third-order valence-electron chi connectivity index (χ3n) is 5.71. The highest BCUT2D eigenvalue weighted by molar-refractivity contribution is 7.80. The van der Waals surface area contributed by atoms with E-state index in [4.69, 9.17) is 28.6 Å². The summed E-state index contributed by atoms with van der Waals surface area (Å²) in [5.74, 6) is 0.742. The van der Waals surface area contributed by atoms with Gasteiger partial charge in [-0.25, -0.2) is 0 Å². The van der Waals surface area contributed by atoms with E-state index in [2.05, 4.69) is 34.8 Å². The summed E-state index contributed by atoms with van der Waals surface area (Å²) in [4.78, 5) is 6.60. The highest BCUT2D eigenvalue weighted by Crippen LogP contribution is 2.42. The fraction of sp³-hybridized carbons (Fsp3) is 0.304. The molecule has 8 heteroatoms. The number of nitrogens with one attached hydrogen (secondary N) is 1. The second kappa shape index (κ2) is 8.86. The van der Waals surface area contributed by atoms with Gasteiger partial charge < -0.3 is 24.6 Å². The first-order valence-electron chi connectivity index (χ1n) is 10.1. The molecule has 3 heterocycles. The van der Waals surface area contributed by atoms with E-state index >= 15 is 0 Å². The lowest BCUT2D eigenvalue weighted by atomic mass is 9.97. The van der Waals surface area contributed by atoms with Crippen LogP contribution in [-0.4, -0.2) is 44.9 Å². The van der Waals surface area contributed by atoms with Crippen molar-refractivity contribution in [2.45, 2.75) is 25.9 Å². The highest BCUT2D eigenvalue weighted by Gasteiger charge is 2.41. The molecule has 0 unspecified atom stereocenters. The number of hydrogen-bond acceptors (Lipinski definition) is 4. The summed E-state index contributed by atoms with van der Waals surface area (Å²) in [5, 5.41) is 14.4. The zero-order valence-corrected chi connectivity index (χ0v) is 19.2. The van der Waals surface area contributed by atoms with Crippen LogP contribution >= 0.6 is 23.8 Å². The molecular formula is C23H25ClN4O2S. The number of halogens is 1. The standard InChI is InChI=1S/C23H25ClN4O2S/c1-14-12-17(15(2)28(14)19-13-16(24)7-8-20(19)30-3)22-21(18-6-4-5-9-25-18)26-23(31)27(22)10-11-29/h4-9,12-13,21-22,29H,10-11H2,1-3H3,(H,26,31)/t21-,22-/m1/s1. The summed E-state index contributed by atoms with van der Waals surface area (Å²) in [5.41, 5.74) is 5.00. The zero-order chi connectivity index (χ0) is 22.1. The summed E-state index contributed by atoms with van der Waals surface area (Å²) in [6, 6.07) is 13.4. The Morgan fingerprint density at radius 2 is 2.03 bits per heavy atom. The third kappa shape index (κ3) is 3.89. The van der Waals surface area contributed by atoms with Crippen LogP contribution in [0.5, 0.6) is 5.75 Å². The van der Waals surface area contributed by atoms with Gasteiger partial charge in [0, 0.05) is 29.2 Å². The molecule has 2 aromatic heterocycles. The van der Waals surface area contributed by atoms with E-state index in [1.807, 2.05) is 41.3 Å². The second-order valence-corrected chi connectivity index (χ2v) is 8.34. The van der Waals surface area contributed by atoms with Crippen LogP contribution in [0.1, 0.15) is 34.7 Å². The molecule has 0 bridgehead atoms. The summed E-state index contributed by atoms with van der Waals surface area (Å²) < 4.78 is 7.75. The number of β-amino-alcohol motifs (C(OH)–C–C–N with tert-alkyl or cyclic N) is 1. The van der Waals surface area contributed by atoms with Gasteiger partial charge in [0.25, 0.3) is 0 Å². The Balaban J connectivity index is 1.87. The number of rotatable bonds is 6. The topological polar surface area (TPSA) is 62.5 Å². The lowest BCUT2D eigenvalue weighted by Gasteiger charge is -2.27. The number of aryl methyl sites for hydroxylation is 1. The highest BCUT2D eigenvalue weighted by atomic mass is 35.5. The van der Waals surface area contributed by atoms with E-state index in [-0.39, 0.29) is 18.7 Å². The number of pyridine rings is 1. The maximum absolute atomic E-state index is 9.69. The number of ether oxygens (including phenoxy) is 1. The van der Waals surface area contributed by atoms with Crippen molar-refractivity contribution < 1.29 is 9.84 Å². The molecule has 4 rings (SSSR count). The molecule has 162 valence electrons. The third-order valence-corrected chi connectivity index (χ3v) is 6.30. The molecule has 1 aromatic carbocycles. The minimum atomic E-state index is -0.129. The van der Waals surface area contributed by atoms with Gasteiger partial charge in [0.2, 0.25) is 0 Å². The first-order valence-corrected chi connectivity index (χ1v) is 10.9. The molecule has 6 nitrogen and oxygen atoms in total. The van der Waals surface area contributed by atoms with Crippen LogP contribution in [0.3, 0.4) is 0 Å². The molecule has 0 radical (unpaired) electrons. The van der Waals surface area contributed by atoms with Crippen LogP contribution in [0.4, 0.5) is 0 Å². The van der Waals surface area contributed by atoms with Crippen LogP contribution < -0.4 is 10.1 Å². The van der Waals surface area contributed by atoms with Crippen molar-refractivity contribution in [3.8, 4) is 11.4 Å². The first-order chi connectivity index (χ1) is 15.0. The number of aromatic nitrogens is 2. The SMILES string of the molecule is COc1ccc(Cl)cc1-n1c(C)cc([C@@H]2[C@@H](c3ccccn3)NC(=S)N2CCO)c1C. The lowest BCUT2D eigenvalue weighted by molar-refractivity contribution is 0.223. The van der Waals surface area contributed by atoms with E-state index in [1.165, 1.54) is 0 Å². The van der Waals surface area contributed by atoms with Crippen molar-refractivity contribution in [2.24, 2.45) is 0 Å². The Bertz CT molecular complexity index is 1100. The Morgan fingerprint density at radius 1 is 1.23 bits per heavy atom. The Labute approximate surface area is 192 Å². The zero-order valence-electron chi connectivity index (χ0n) is 17.7. The minimum absolute atomic E-state index is 0.00805. The Kier molecular flexibility index (Phi) is 6.18. The quantitative estimate of drug-likeness (QED) is 0.544. The van der Waals surface area contributed by atoms with Crippen LogP contribution in [0.25, 0.3) is 5.69 Å². The molecule has 2 N–H and O–H groups in total. The van der Waals surface area contributed by atoms with Gasteiger partial charge in [-0.05, 0) is 68.0 Å².